The van der Waals surface area contributed by atoms with E-state index in [-0.39, 0.29) is 36.0 Å². The van der Waals surface area contributed by atoms with Gasteiger partial charge in [0.15, 0.2) is 6.04 Å². The number of piperidine rings is 1. The number of rotatable bonds is 4. The van der Waals surface area contributed by atoms with Gasteiger partial charge in [-0.05, 0) is 36.4 Å². The molecule has 2 aromatic carbocycles. The number of ether oxygens (including phenoxy) is 1. The molecule has 8 nitrogen and oxygen atoms in total. The zero-order valence-electron chi connectivity index (χ0n) is 17.3. The number of benzene rings is 2. The van der Waals surface area contributed by atoms with E-state index >= 15 is 0 Å². The molecule has 5 rings (SSSR count). The summed E-state index contributed by atoms with van der Waals surface area (Å²) in [5.41, 5.74) is 2.25. The summed E-state index contributed by atoms with van der Waals surface area (Å²) in [6.07, 6.45) is 1.80. The van der Waals surface area contributed by atoms with Gasteiger partial charge >= 0.3 is 5.69 Å². The maximum atomic E-state index is 13.1. The molecule has 2 N–H and O–H groups in total. The number of aromatic amines is 1. The molecule has 2 amide bonds. The molecule has 0 radical (unpaired) electrons. The third-order valence-electron chi connectivity index (χ3n) is 6.56. The fourth-order valence-electron chi connectivity index (χ4n) is 4.97. The molecule has 2 aliphatic rings. The lowest BCUT2D eigenvalue weighted by atomic mass is 10.0. The van der Waals surface area contributed by atoms with Gasteiger partial charge in [0.2, 0.25) is 5.91 Å². The number of fused-ring (bicyclic) bond motifs is 1. The molecule has 8 heteroatoms. The predicted molar refractivity (Wildman–Crippen MR) is 115 cm³/mol. The second kappa shape index (κ2) is 7.70. The molecular formula is C23H25N4O4+. The Morgan fingerprint density at radius 1 is 1.00 bits per heavy atom. The van der Waals surface area contributed by atoms with Crippen LogP contribution in [0.15, 0.2) is 53.3 Å². The van der Waals surface area contributed by atoms with Crippen molar-refractivity contribution >= 4 is 28.5 Å². The van der Waals surface area contributed by atoms with Gasteiger partial charge in [0.1, 0.15) is 5.75 Å². The molecule has 0 bridgehead atoms. The lowest BCUT2D eigenvalue weighted by molar-refractivity contribution is -0.920. The van der Waals surface area contributed by atoms with Crippen LogP contribution >= 0.6 is 0 Å². The average Bonchev–Trinajstić information content (AvgIpc) is 3.29. The number of aromatic nitrogens is 2. The molecular weight excluding hydrogens is 396 g/mol. The van der Waals surface area contributed by atoms with Crippen LogP contribution in [-0.2, 0) is 9.59 Å². The SMILES string of the molecule is COc1ccc(N2C(=O)C[C@@H]([NH+]3CCC(n4c(=O)[nH]c5ccccc54)CC3)C2=O)cc1. The van der Waals surface area contributed by atoms with Gasteiger partial charge < -0.3 is 14.6 Å². The summed E-state index contributed by atoms with van der Waals surface area (Å²) < 4.78 is 7.00. The maximum absolute atomic E-state index is 13.1. The molecule has 0 saturated carbocycles. The van der Waals surface area contributed by atoms with Gasteiger partial charge in [-0.1, -0.05) is 12.1 Å². The third-order valence-corrected chi connectivity index (χ3v) is 6.56. The number of anilines is 1. The van der Waals surface area contributed by atoms with E-state index in [1.165, 1.54) is 4.90 Å². The van der Waals surface area contributed by atoms with Crippen molar-refractivity contribution in [3.05, 3.63) is 59.0 Å². The van der Waals surface area contributed by atoms with Gasteiger partial charge in [0.25, 0.3) is 5.91 Å². The van der Waals surface area contributed by atoms with Crippen LogP contribution in [0.2, 0.25) is 0 Å². The first-order valence-electron chi connectivity index (χ1n) is 10.6. The highest BCUT2D eigenvalue weighted by Gasteiger charge is 2.46. The topological polar surface area (TPSA) is 88.8 Å². The number of para-hydroxylation sites is 2. The van der Waals surface area contributed by atoms with Gasteiger partial charge in [0.05, 0.1) is 43.3 Å². The Hall–Kier alpha value is -3.39. The number of nitrogens with zero attached hydrogens (tertiary/aromatic N) is 2. The fourth-order valence-corrected chi connectivity index (χ4v) is 4.97. The van der Waals surface area contributed by atoms with Crippen molar-refractivity contribution in [2.45, 2.75) is 31.3 Å². The molecule has 1 aromatic heterocycles. The van der Waals surface area contributed by atoms with Crippen LogP contribution in [0.25, 0.3) is 11.0 Å². The number of nitrogens with one attached hydrogen (secondary N) is 2. The standard InChI is InChI=1S/C23H24N4O4/c1-31-17-8-6-15(7-9-17)27-21(28)14-20(22(27)29)25-12-10-16(11-13-25)26-19-5-3-2-4-18(19)24-23(26)30/h2-9,16,20H,10-14H2,1H3,(H,24,30)/p+1/t20-/m1/s1. The molecule has 1 atom stereocenters. The van der Waals surface area contributed by atoms with E-state index in [9.17, 15) is 14.4 Å². The van der Waals surface area contributed by atoms with E-state index in [0.717, 1.165) is 41.9 Å². The number of carbonyl (C=O) groups is 2. The minimum atomic E-state index is -0.366. The first-order chi connectivity index (χ1) is 15.1. The quantitative estimate of drug-likeness (QED) is 0.613. The Kier molecular flexibility index (Phi) is 4.86. The van der Waals surface area contributed by atoms with Crippen molar-refractivity contribution in [3.8, 4) is 5.75 Å². The second-order valence-electron chi connectivity index (χ2n) is 8.23. The van der Waals surface area contributed by atoms with Gasteiger partial charge in [-0.2, -0.15) is 0 Å². The first kappa shape index (κ1) is 19.6. The number of hydrogen-bond acceptors (Lipinski definition) is 4. The maximum Gasteiger partial charge on any atom is 0.326 e. The Morgan fingerprint density at radius 2 is 1.71 bits per heavy atom. The molecule has 0 spiro atoms. The molecule has 31 heavy (non-hydrogen) atoms. The summed E-state index contributed by atoms with van der Waals surface area (Å²) in [4.78, 5) is 43.6. The van der Waals surface area contributed by atoms with Crippen molar-refractivity contribution in [3.63, 3.8) is 0 Å². The minimum absolute atomic E-state index is 0.0903. The number of imidazole rings is 1. The van der Waals surface area contributed by atoms with Crippen LogP contribution in [0.5, 0.6) is 5.75 Å². The number of amides is 2. The number of quaternary nitrogens is 1. The molecule has 2 saturated heterocycles. The Labute approximate surface area is 179 Å². The number of H-pyrrole nitrogens is 1. The normalized spacial score (nSPS) is 24.2. The zero-order chi connectivity index (χ0) is 21.5. The van der Waals surface area contributed by atoms with Crippen LogP contribution in [-0.4, -0.2) is 47.6 Å². The summed E-state index contributed by atoms with van der Waals surface area (Å²) in [6, 6.07) is 14.4. The monoisotopic (exact) mass is 421 g/mol. The molecule has 2 fully saturated rings. The Bertz CT molecular complexity index is 1190. The highest BCUT2D eigenvalue weighted by Crippen LogP contribution is 2.26. The van der Waals surface area contributed by atoms with Gasteiger partial charge in [-0.25, -0.2) is 9.69 Å². The number of carbonyl (C=O) groups excluding carboxylic acids is 2. The van der Waals surface area contributed by atoms with Crippen molar-refractivity contribution in [2.75, 3.05) is 25.1 Å². The molecule has 160 valence electrons. The number of likely N-dealkylation sites (tertiary alicyclic amines) is 1. The second-order valence-corrected chi connectivity index (χ2v) is 8.23. The first-order valence-corrected chi connectivity index (χ1v) is 10.6. The summed E-state index contributed by atoms with van der Waals surface area (Å²) in [5, 5.41) is 0. The van der Waals surface area contributed by atoms with E-state index in [0.29, 0.717) is 11.4 Å². The number of hydrogen-bond donors (Lipinski definition) is 2. The van der Waals surface area contributed by atoms with Crippen molar-refractivity contribution in [1.82, 2.24) is 9.55 Å². The molecule has 0 unspecified atom stereocenters. The molecule has 0 aliphatic carbocycles. The summed E-state index contributed by atoms with van der Waals surface area (Å²) in [7, 11) is 1.58. The Balaban J connectivity index is 1.30. The van der Waals surface area contributed by atoms with Crippen LogP contribution in [0, 0.1) is 0 Å². The predicted octanol–water partition coefficient (Wildman–Crippen LogP) is 0.890. The summed E-state index contributed by atoms with van der Waals surface area (Å²) in [6.45, 7) is 1.49. The molecule has 3 heterocycles. The lowest BCUT2D eigenvalue weighted by Gasteiger charge is -2.32. The lowest BCUT2D eigenvalue weighted by Crippen LogP contribution is -3.17. The van der Waals surface area contributed by atoms with E-state index < -0.39 is 0 Å². The van der Waals surface area contributed by atoms with Gasteiger partial charge in [-0.3, -0.25) is 14.2 Å². The van der Waals surface area contributed by atoms with E-state index in [2.05, 4.69) is 4.98 Å². The zero-order valence-corrected chi connectivity index (χ0v) is 17.3. The van der Waals surface area contributed by atoms with Crippen molar-refractivity contribution in [1.29, 1.82) is 0 Å². The van der Waals surface area contributed by atoms with Crippen molar-refractivity contribution < 1.29 is 19.2 Å². The number of imide groups is 1. The van der Waals surface area contributed by atoms with Gasteiger partial charge in [0, 0.05) is 18.9 Å². The van der Waals surface area contributed by atoms with E-state index in [4.69, 9.17) is 4.74 Å². The van der Waals surface area contributed by atoms with Crippen LogP contribution in [0.1, 0.15) is 25.3 Å². The van der Waals surface area contributed by atoms with Crippen LogP contribution in [0.4, 0.5) is 5.69 Å². The molecule has 3 aromatic rings. The average molecular weight is 421 g/mol. The highest BCUT2D eigenvalue weighted by molar-refractivity contribution is 6.21. The van der Waals surface area contributed by atoms with Crippen LogP contribution in [0.3, 0.4) is 0 Å². The number of methoxy groups -OCH3 is 1. The van der Waals surface area contributed by atoms with Crippen molar-refractivity contribution in [2.24, 2.45) is 0 Å². The van der Waals surface area contributed by atoms with Crippen LogP contribution < -0.4 is 20.2 Å². The summed E-state index contributed by atoms with van der Waals surface area (Å²) >= 11 is 0. The highest BCUT2D eigenvalue weighted by atomic mass is 16.5. The van der Waals surface area contributed by atoms with E-state index in [1.807, 2.05) is 28.8 Å². The summed E-state index contributed by atoms with van der Waals surface area (Å²) in [5.74, 6) is 0.370. The Morgan fingerprint density at radius 3 is 2.42 bits per heavy atom. The smallest absolute Gasteiger partial charge is 0.326 e. The van der Waals surface area contributed by atoms with E-state index in [1.54, 1.807) is 31.4 Å². The minimum Gasteiger partial charge on any atom is -0.497 e. The molecule has 2 aliphatic heterocycles. The fraction of sp³-hybridized carbons (Fsp3) is 0.348. The largest absolute Gasteiger partial charge is 0.497 e. The third kappa shape index (κ3) is 3.33. The van der Waals surface area contributed by atoms with Gasteiger partial charge in [-0.15, -0.1) is 0 Å².